The van der Waals surface area contributed by atoms with E-state index in [1.165, 1.54) is 9.13 Å². The van der Waals surface area contributed by atoms with Gasteiger partial charge in [0.05, 0.1) is 0 Å². The first-order valence-electron chi connectivity index (χ1n) is 6.21. The lowest BCUT2D eigenvalue weighted by Crippen LogP contribution is -2.41. The molecular formula is C14H22BrIOSi. The Balaban J connectivity index is 2.59. The maximum absolute atomic E-state index is 6.21. The lowest BCUT2D eigenvalue weighted by atomic mass is 10.2. The van der Waals surface area contributed by atoms with Crippen LogP contribution in [0.5, 0.6) is 0 Å². The van der Waals surface area contributed by atoms with E-state index in [-0.39, 0.29) is 5.04 Å². The minimum absolute atomic E-state index is 0.289. The number of hydrogen-bond acceptors (Lipinski definition) is 1. The van der Waals surface area contributed by atoms with E-state index < -0.39 is 8.32 Å². The Hall–Kier alpha value is 0.607. The van der Waals surface area contributed by atoms with Crippen LogP contribution in [0.15, 0.2) is 22.7 Å². The molecule has 0 amide bonds. The molecule has 1 rings (SSSR count). The molecule has 0 radical (unpaired) electrons. The van der Waals surface area contributed by atoms with Crippen molar-refractivity contribution in [2.75, 3.05) is 6.61 Å². The van der Waals surface area contributed by atoms with Crippen LogP contribution >= 0.6 is 38.5 Å². The fourth-order valence-electron chi connectivity index (χ4n) is 1.37. The van der Waals surface area contributed by atoms with Gasteiger partial charge in [0.1, 0.15) is 0 Å². The molecule has 0 aliphatic heterocycles. The van der Waals surface area contributed by atoms with Gasteiger partial charge in [-0.15, -0.1) is 0 Å². The minimum Gasteiger partial charge on any atom is -0.416 e. The maximum Gasteiger partial charge on any atom is 0.191 e. The predicted octanol–water partition coefficient (Wildman–Crippen LogP) is 5.62. The van der Waals surface area contributed by atoms with E-state index in [1.807, 2.05) is 0 Å². The zero-order valence-electron chi connectivity index (χ0n) is 11.8. The highest BCUT2D eigenvalue weighted by atomic mass is 127. The number of rotatable bonds is 4. The lowest BCUT2D eigenvalue weighted by molar-refractivity contribution is 0.291. The van der Waals surface area contributed by atoms with Crippen LogP contribution in [0, 0.1) is 3.57 Å². The van der Waals surface area contributed by atoms with Crippen molar-refractivity contribution in [2.45, 2.75) is 45.3 Å². The highest BCUT2D eigenvalue weighted by molar-refractivity contribution is 14.1. The molecule has 0 aliphatic rings. The summed E-state index contributed by atoms with van der Waals surface area (Å²) in [5, 5.41) is 0.289. The van der Waals surface area contributed by atoms with Gasteiger partial charge in [0.2, 0.25) is 0 Å². The third kappa shape index (κ3) is 4.61. The summed E-state index contributed by atoms with van der Waals surface area (Å²) >= 11 is 5.91. The van der Waals surface area contributed by atoms with Gasteiger partial charge in [-0.3, -0.25) is 0 Å². The summed E-state index contributed by atoms with van der Waals surface area (Å²) in [5.74, 6) is 0. The summed E-state index contributed by atoms with van der Waals surface area (Å²) in [7, 11) is -1.60. The molecule has 0 aromatic heterocycles. The number of hydrogen-bond donors (Lipinski definition) is 0. The monoisotopic (exact) mass is 440 g/mol. The second kappa shape index (κ2) is 6.37. The van der Waals surface area contributed by atoms with Crippen LogP contribution in [-0.2, 0) is 10.8 Å². The van der Waals surface area contributed by atoms with Gasteiger partial charge in [-0.05, 0) is 70.9 Å². The van der Waals surface area contributed by atoms with E-state index in [4.69, 9.17) is 4.43 Å². The fraction of sp³-hybridized carbons (Fsp3) is 0.571. The van der Waals surface area contributed by atoms with Crippen molar-refractivity contribution < 1.29 is 4.43 Å². The van der Waals surface area contributed by atoms with Crippen LogP contribution in [-0.4, -0.2) is 14.9 Å². The van der Waals surface area contributed by atoms with Gasteiger partial charge in [0, 0.05) is 14.6 Å². The molecule has 0 heterocycles. The quantitative estimate of drug-likeness (QED) is 0.436. The second-order valence-corrected chi connectivity index (χ2v) is 13.0. The first-order valence-corrected chi connectivity index (χ1v) is 11.0. The first-order chi connectivity index (χ1) is 8.13. The first kappa shape index (κ1) is 16.7. The van der Waals surface area contributed by atoms with Crippen LogP contribution in [0.2, 0.25) is 18.1 Å². The molecule has 0 aliphatic carbocycles. The van der Waals surface area contributed by atoms with Crippen molar-refractivity contribution in [3.8, 4) is 0 Å². The maximum atomic E-state index is 6.21. The number of benzene rings is 1. The highest BCUT2D eigenvalue weighted by Crippen LogP contribution is 2.36. The minimum atomic E-state index is -1.60. The Morgan fingerprint density at radius 2 is 1.89 bits per heavy atom. The largest absolute Gasteiger partial charge is 0.416 e. The molecule has 102 valence electrons. The van der Waals surface area contributed by atoms with Gasteiger partial charge < -0.3 is 4.43 Å². The fourth-order valence-corrected chi connectivity index (χ4v) is 3.43. The van der Waals surface area contributed by atoms with Crippen LogP contribution in [0.1, 0.15) is 26.3 Å². The van der Waals surface area contributed by atoms with E-state index in [0.717, 1.165) is 17.5 Å². The molecule has 0 N–H and O–H groups in total. The molecule has 0 spiro atoms. The molecule has 0 saturated carbocycles. The molecule has 0 bridgehead atoms. The molecule has 18 heavy (non-hydrogen) atoms. The third-order valence-corrected chi connectivity index (χ3v) is 9.73. The van der Waals surface area contributed by atoms with Gasteiger partial charge in [0.15, 0.2) is 8.32 Å². The van der Waals surface area contributed by atoms with E-state index in [2.05, 4.69) is 90.6 Å². The van der Waals surface area contributed by atoms with Crippen molar-refractivity contribution in [1.29, 1.82) is 0 Å². The predicted molar refractivity (Wildman–Crippen MR) is 93.7 cm³/mol. The molecule has 1 aromatic rings. The van der Waals surface area contributed by atoms with Crippen molar-refractivity contribution in [3.63, 3.8) is 0 Å². The van der Waals surface area contributed by atoms with E-state index >= 15 is 0 Å². The smallest absolute Gasteiger partial charge is 0.191 e. The summed E-state index contributed by atoms with van der Waals surface area (Å²) in [6, 6.07) is 6.42. The van der Waals surface area contributed by atoms with Crippen LogP contribution < -0.4 is 0 Å². The van der Waals surface area contributed by atoms with Crippen LogP contribution in [0.4, 0.5) is 0 Å². The van der Waals surface area contributed by atoms with Crippen molar-refractivity contribution >= 4 is 46.8 Å². The van der Waals surface area contributed by atoms with Crippen LogP contribution in [0.25, 0.3) is 0 Å². The van der Waals surface area contributed by atoms with E-state index in [0.29, 0.717) is 0 Å². The summed E-state index contributed by atoms with van der Waals surface area (Å²) in [4.78, 5) is 0. The third-order valence-electron chi connectivity index (χ3n) is 3.65. The molecule has 1 aromatic carbocycles. The van der Waals surface area contributed by atoms with Gasteiger partial charge >= 0.3 is 0 Å². The van der Waals surface area contributed by atoms with E-state index in [9.17, 15) is 0 Å². The van der Waals surface area contributed by atoms with Crippen LogP contribution in [0.3, 0.4) is 0 Å². The Bertz CT molecular complexity index is 413. The second-order valence-electron chi connectivity index (χ2n) is 6.09. The Morgan fingerprint density at radius 3 is 2.44 bits per heavy atom. The molecular weight excluding hydrogens is 419 g/mol. The summed E-state index contributed by atoms with van der Waals surface area (Å²) in [6.07, 6.45) is 0.990. The highest BCUT2D eigenvalue weighted by Gasteiger charge is 2.36. The number of halogens is 2. The molecule has 0 fully saturated rings. The summed E-state index contributed by atoms with van der Waals surface area (Å²) in [6.45, 7) is 12.3. The molecule has 1 nitrogen and oxygen atoms in total. The summed E-state index contributed by atoms with van der Waals surface area (Å²) in [5.41, 5.74) is 1.36. The lowest BCUT2D eigenvalue weighted by Gasteiger charge is -2.36. The average Bonchev–Trinajstić information content (AvgIpc) is 2.21. The molecule has 4 heteroatoms. The molecule has 0 atom stereocenters. The van der Waals surface area contributed by atoms with Crippen molar-refractivity contribution in [1.82, 2.24) is 0 Å². The standard InChI is InChI=1S/C14H22BrIOSi/c1-14(2,3)18(4,5)17-9-8-11-10-12(15)6-7-13(11)16/h6-7,10H,8-9H2,1-5H3. The molecule has 0 saturated heterocycles. The average molecular weight is 441 g/mol. The van der Waals surface area contributed by atoms with Gasteiger partial charge in [-0.2, -0.15) is 0 Å². The van der Waals surface area contributed by atoms with Crippen molar-refractivity contribution in [2.24, 2.45) is 0 Å². The Labute approximate surface area is 134 Å². The zero-order valence-corrected chi connectivity index (χ0v) is 16.6. The Morgan fingerprint density at radius 1 is 1.28 bits per heavy atom. The van der Waals surface area contributed by atoms with Gasteiger partial charge in [-0.1, -0.05) is 36.7 Å². The zero-order chi connectivity index (χ0) is 14.0. The topological polar surface area (TPSA) is 9.23 Å². The SMILES string of the molecule is CC(C)(C)[Si](C)(C)OCCc1cc(Br)ccc1I. The van der Waals surface area contributed by atoms with Gasteiger partial charge in [0.25, 0.3) is 0 Å². The molecule has 0 unspecified atom stereocenters. The van der Waals surface area contributed by atoms with Crippen molar-refractivity contribution in [3.05, 3.63) is 31.8 Å². The Kier molecular flexibility index (Phi) is 5.90. The van der Waals surface area contributed by atoms with Gasteiger partial charge in [-0.25, -0.2) is 0 Å². The van der Waals surface area contributed by atoms with E-state index in [1.54, 1.807) is 0 Å². The normalized spacial score (nSPS) is 12.8. The summed E-state index contributed by atoms with van der Waals surface area (Å²) < 4.78 is 8.67.